The van der Waals surface area contributed by atoms with E-state index in [1.807, 2.05) is 12.1 Å². The zero-order valence-electron chi connectivity index (χ0n) is 10.1. The Hall–Kier alpha value is -1.06. The number of benzene rings is 1. The van der Waals surface area contributed by atoms with E-state index < -0.39 is 5.97 Å². The molecule has 0 aromatic heterocycles. The summed E-state index contributed by atoms with van der Waals surface area (Å²) in [6, 6.07) is 7.41. The predicted molar refractivity (Wildman–Crippen MR) is 69.8 cm³/mol. The molecule has 0 spiro atoms. The number of carboxylic acids is 1. The van der Waals surface area contributed by atoms with Gasteiger partial charge in [0.15, 0.2) is 0 Å². The SMILES string of the molecule is O=C(O)C(Cc1ccc(Cl)cc1)C1CCOCC1. The third kappa shape index (κ3) is 3.47. The minimum Gasteiger partial charge on any atom is -0.481 e. The van der Waals surface area contributed by atoms with Crippen LogP contribution in [0.1, 0.15) is 18.4 Å². The Bertz CT molecular complexity index is 396. The quantitative estimate of drug-likeness (QED) is 0.913. The molecule has 0 aliphatic carbocycles. The Morgan fingerprint density at radius 2 is 1.94 bits per heavy atom. The highest BCUT2D eigenvalue weighted by molar-refractivity contribution is 6.30. The Balaban J connectivity index is 2.05. The van der Waals surface area contributed by atoms with Gasteiger partial charge in [-0.25, -0.2) is 0 Å². The van der Waals surface area contributed by atoms with Gasteiger partial charge in [0.05, 0.1) is 5.92 Å². The van der Waals surface area contributed by atoms with E-state index >= 15 is 0 Å². The monoisotopic (exact) mass is 268 g/mol. The summed E-state index contributed by atoms with van der Waals surface area (Å²) in [5, 5.41) is 10.1. The zero-order chi connectivity index (χ0) is 13.0. The standard InChI is InChI=1S/C14H17ClO3/c15-12-3-1-10(2-4-12)9-13(14(16)17)11-5-7-18-8-6-11/h1-4,11,13H,5-9H2,(H,16,17). The maximum absolute atomic E-state index is 11.4. The second-order valence-corrected chi connectivity index (χ2v) is 5.16. The molecule has 18 heavy (non-hydrogen) atoms. The normalized spacial score (nSPS) is 18.5. The van der Waals surface area contributed by atoms with Gasteiger partial charge >= 0.3 is 5.97 Å². The number of halogens is 1. The molecule has 1 heterocycles. The fraction of sp³-hybridized carbons (Fsp3) is 0.500. The smallest absolute Gasteiger partial charge is 0.307 e. The number of hydrogen-bond donors (Lipinski definition) is 1. The molecule has 1 aliphatic heterocycles. The van der Waals surface area contributed by atoms with Crippen LogP contribution in [0.5, 0.6) is 0 Å². The summed E-state index contributed by atoms with van der Waals surface area (Å²) in [5.41, 5.74) is 1.03. The van der Waals surface area contributed by atoms with Crippen molar-refractivity contribution < 1.29 is 14.6 Å². The van der Waals surface area contributed by atoms with E-state index in [1.165, 1.54) is 0 Å². The largest absolute Gasteiger partial charge is 0.481 e. The lowest BCUT2D eigenvalue weighted by Gasteiger charge is -2.27. The molecule has 1 aliphatic rings. The molecule has 0 saturated carbocycles. The van der Waals surface area contributed by atoms with Crippen LogP contribution in [0, 0.1) is 11.8 Å². The number of carboxylic acid groups (broad SMARTS) is 1. The van der Waals surface area contributed by atoms with Crippen LogP contribution >= 0.6 is 11.6 Å². The van der Waals surface area contributed by atoms with Crippen LogP contribution in [-0.4, -0.2) is 24.3 Å². The molecule has 0 radical (unpaired) electrons. The molecule has 0 bridgehead atoms. The molecule has 1 aromatic carbocycles. The summed E-state index contributed by atoms with van der Waals surface area (Å²) >= 11 is 5.83. The van der Waals surface area contributed by atoms with Crippen LogP contribution < -0.4 is 0 Å². The highest BCUT2D eigenvalue weighted by Crippen LogP contribution is 2.27. The fourth-order valence-corrected chi connectivity index (χ4v) is 2.57. The first kappa shape index (κ1) is 13.4. The van der Waals surface area contributed by atoms with Crippen molar-refractivity contribution in [2.24, 2.45) is 11.8 Å². The lowest BCUT2D eigenvalue weighted by Crippen LogP contribution is -2.30. The molecule has 1 saturated heterocycles. The van der Waals surface area contributed by atoms with E-state index in [0.717, 1.165) is 18.4 Å². The second-order valence-electron chi connectivity index (χ2n) is 4.73. The molecule has 1 atom stereocenters. The Labute approximate surface area is 112 Å². The van der Waals surface area contributed by atoms with Crippen molar-refractivity contribution in [3.05, 3.63) is 34.9 Å². The van der Waals surface area contributed by atoms with Crippen molar-refractivity contribution in [1.29, 1.82) is 0 Å². The first-order chi connectivity index (χ1) is 8.66. The van der Waals surface area contributed by atoms with Crippen molar-refractivity contribution in [1.82, 2.24) is 0 Å². The lowest BCUT2D eigenvalue weighted by molar-refractivity contribution is -0.145. The van der Waals surface area contributed by atoms with Crippen LogP contribution in [0.2, 0.25) is 5.02 Å². The minimum atomic E-state index is -0.711. The molecule has 1 N–H and O–H groups in total. The van der Waals surface area contributed by atoms with Crippen LogP contribution in [0.3, 0.4) is 0 Å². The van der Waals surface area contributed by atoms with Crippen LogP contribution in [-0.2, 0) is 16.0 Å². The first-order valence-electron chi connectivity index (χ1n) is 6.22. The van der Waals surface area contributed by atoms with Gasteiger partial charge in [0.2, 0.25) is 0 Å². The van der Waals surface area contributed by atoms with Gasteiger partial charge in [-0.05, 0) is 42.9 Å². The van der Waals surface area contributed by atoms with E-state index in [2.05, 4.69) is 0 Å². The molecule has 1 fully saturated rings. The molecule has 1 unspecified atom stereocenters. The van der Waals surface area contributed by atoms with E-state index in [-0.39, 0.29) is 11.8 Å². The van der Waals surface area contributed by atoms with Crippen molar-refractivity contribution in [3.8, 4) is 0 Å². The fourth-order valence-electron chi connectivity index (χ4n) is 2.45. The van der Waals surface area contributed by atoms with E-state index in [0.29, 0.717) is 24.7 Å². The van der Waals surface area contributed by atoms with Gasteiger partial charge in [0, 0.05) is 18.2 Å². The van der Waals surface area contributed by atoms with Gasteiger partial charge in [-0.2, -0.15) is 0 Å². The van der Waals surface area contributed by atoms with Gasteiger partial charge in [-0.1, -0.05) is 23.7 Å². The molecule has 98 valence electrons. The van der Waals surface area contributed by atoms with Gasteiger partial charge in [-0.15, -0.1) is 0 Å². The molecule has 4 heteroatoms. The van der Waals surface area contributed by atoms with Crippen LogP contribution in [0.15, 0.2) is 24.3 Å². The third-order valence-electron chi connectivity index (χ3n) is 3.52. The minimum absolute atomic E-state index is 0.215. The maximum atomic E-state index is 11.4. The average molecular weight is 269 g/mol. The van der Waals surface area contributed by atoms with Crippen molar-refractivity contribution in [2.45, 2.75) is 19.3 Å². The lowest BCUT2D eigenvalue weighted by atomic mass is 9.82. The van der Waals surface area contributed by atoms with Gasteiger partial charge in [0.25, 0.3) is 0 Å². The van der Waals surface area contributed by atoms with Crippen LogP contribution in [0.4, 0.5) is 0 Å². The maximum Gasteiger partial charge on any atom is 0.307 e. The number of ether oxygens (including phenoxy) is 1. The zero-order valence-corrected chi connectivity index (χ0v) is 10.9. The number of hydrogen-bond acceptors (Lipinski definition) is 2. The third-order valence-corrected chi connectivity index (χ3v) is 3.77. The topological polar surface area (TPSA) is 46.5 Å². The van der Waals surface area contributed by atoms with E-state index in [1.54, 1.807) is 12.1 Å². The highest BCUT2D eigenvalue weighted by atomic mass is 35.5. The molecule has 0 amide bonds. The number of aliphatic carboxylic acids is 1. The summed E-state index contributed by atoms with van der Waals surface area (Å²) in [5.74, 6) is -0.821. The number of carbonyl (C=O) groups is 1. The summed E-state index contributed by atoms with van der Waals surface area (Å²) in [4.78, 5) is 11.4. The predicted octanol–water partition coefficient (Wildman–Crippen LogP) is 3.01. The van der Waals surface area contributed by atoms with E-state index in [9.17, 15) is 9.90 Å². The summed E-state index contributed by atoms with van der Waals surface area (Å²) < 4.78 is 5.29. The van der Waals surface area contributed by atoms with Gasteiger partial charge in [0.1, 0.15) is 0 Å². The second kappa shape index (κ2) is 6.21. The van der Waals surface area contributed by atoms with Gasteiger partial charge in [-0.3, -0.25) is 4.79 Å². The Morgan fingerprint density at radius 3 is 2.50 bits per heavy atom. The average Bonchev–Trinajstić information content (AvgIpc) is 2.38. The van der Waals surface area contributed by atoms with Gasteiger partial charge < -0.3 is 9.84 Å². The summed E-state index contributed by atoms with van der Waals surface area (Å²) in [6.45, 7) is 1.35. The number of rotatable bonds is 4. The van der Waals surface area contributed by atoms with Crippen LogP contribution in [0.25, 0.3) is 0 Å². The first-order valence-corrected chi connectivity index (χ1v) is 6.59. The summed E-state index contributed by atoms with van der Waals surface area (Å²) in [7, 11) is 0. The molecule has 1 aromatic rings. The summed E-state index contributed by atoms with van der Waals surface area (Å²) in [6.07, 6.45) is 2.24. The Morgan fingerprint density at radius 1 is 1.33 bits per heavy atom. The highest BCUT2D eigenvalue weighted by Gasteiger charge is 2.29. The Kier molecular flexibility index (Phi) is 4.61. The molecule has 3 nitrogen and oxygen atoms in total. The molecular formula is C14H17ClO3. The van der Waals surface area contributed by atoms with E-state index in [4.69, 9.17) is 16.3 Å². The van der Waals surface area contributed by atoms with Crippen molar-refractivity contribution in [2.75, 3.05) is 13.2 Å². The molecular weight excluding hydrogens is 252 g/mol. The molecule has 2 rings (SSSR count). The van der Waals surface area contributed by atoms with Crippen molar-refractivity contribution in [3.63, 3.8) is 0 Å². The van der Waals surface area contributed by atoms with Crippen molar-refractivity contribution >= 4 is 17.6 Å².